The zero-order chi connectivity index (χ0) is 17.8. The summed E-state index contributed by atoms with van der Waals surface area (Å²) in [6.07, 6.45) is 13.0. The third-order valence-corrected chi connectivity index (χ3v) is 3.84. The van der Waals surface area contributed by atoms with Gasteiger partial charge in [-0.1, -0.05) is 63.3 Å². The van der Waals surface area contributed by atoms with Gasteiger partial charge in [0, 0.05) is 0 Å². The Bertz CT molecular complexity index is 500. The van der Waals surface area contributed by atoms with Crippen LogP contribution in [0.4, 0.5) is 0 Å². The second-order valence-corrected chi connectivity index (χ2v) is 6.09. The molecular formula is C20H30O4. The van der Waals surface area contributed by atoms with Crippen LogP contribution in [0, 0.1) is 5.92 Å². The van der Waals surface area contributed by atoms with E-state index in [-0.39, 0.29) is 5.97 Å². The smallest absolute Gasteiger partial charge is 0.335 e. The Morgan fingerprint density at radius 2 is 1.62 bits per heavy atom. The molecule has 0 aromatic carbocycles. The van der Waals surface area contributed by atoms with Gasteiger partial charge in [0.15, 0.2) is 0 Å². The Kier molecular flexibility index (Phi) is 9.81. The molecule has 0 saturated heterocycles. The summed E-state index contributed by atoms with van der Waals surface area (Å²) in [7, 11) is 0. The van der Waals surface area contributed by atoms with Crippen molar-refractivity contribution in [3.05, 3.63) is 35.5 Å². The second kappa shape index (κ2) is 11.7. The average Bonchev–Trinajstić information content (AvgIpc) is 2.77. The van der Waals surface area contributed by atoms with Crippen LogP contribution < -0.4 is 0 Å². The summed E-state index contributed by atoms with van der Waals surface area (Å²) in [6, 6.07) is 0. The van der Waals surface area contributed by atoms with Crippen LogP contribution >= 0.6 is 0 Å². The summed E-state index contributed by atoms with van der Waals surface area (Å²) in [5.41, 5.74) is 1.27. The molecule has 0 aromatic rings. The van der Waals surface area contributed by atoms with Gasteiger partial charge in [0.05, 0.1) is 18.8 Å². The minimum atomic E-state index is -0.695. The fourth-order valence-corrected chi connectivity index (χ4v) is 2.41. The molecule has 0 heterocycles. The molecule has 4 heteroatoms. The molecule has 0 fully saturated rings. The molecule has 1 atom stereocenters. The number of hydrogen-bond donors (Lipinski definition) is 0. The van der Waals surface area contributed by atoms with Gasteiger partial charge in [-0.25, -0.2) is 4.79 Å². The molecule has 24 heavy (non-hydrogen) atoms. The Labute approximate surface area is 145 Å². The maximum absolute atomic E-state index is 12.4. The lowest BCUT2D eigenvalue weighted by molar-refractivity contribution is -0.149. The number of hydrogen-bond acceptors (Lipinski definition) is 4. The Morgan fingerprint density at radius 3 is 2.25 bits per heavy atom. The van der Waals surface area contributed by atoms with Crippen LogP contribution in [0.5, 0.6) is 0 Å². The summed E-state index contributed by atoms with van der Waals surface area (Å²) in [5.74, 6) is -1.51. The van der Waals surface area contributed by atoms with Crippen molar-refractivity contribution in [2.75, 3.05) is 13.2 Å². The van der Waals surface area contributed by atoms with Crippen molar-refractivity contribution in [1.29, 1.82) is 0 Å². The molecule has 1 unspecified atom stereocenters. The molecule has 0 N–H and O–H groups in total. The van der Waals surface area contributed by atoms with Crippen LogP contribution in [-0.2, 0) is 19.1 Å². The molecule has 4 nitrogen and oxygen atoms in total. The predicted octanol–water partition coefficient (Wildman–Crippen LogP) is 4.51. The van der Waals surface area contributed by atoms with Gasteiger partial charge >= 0.3 is 11.9 Å². The standard InChI is InChI=1S/C20H30O4/c1-4-6-8-13-23-19(21)17-12-10-11-16(3)15-18(17)20(22)24-14-9-7-5-2/h10-12,15,17H,4-9,13-14H2,1-3H3. The largest absolute Gasteiger partial charge is 0.465 e. The van der Waals surface area contributed by atoms with E-state index in [9.17, 15) is 9.59 Å². The Hall–Kier alpha value is -1.84. The number of allylic oxidation sites excluding steroid dienone is 4. The van der Waals surface area contributed by atoms with Crippen LogP contribution in [0.1, 0.15) is 59.3 Å². The van der Waals surface area contributed by atoms with E-state index >= 15 is 0 Å². The molecular weight excluding hydrogens is 304 g/mol. The first-order chi connectivity index (χ1) is 11.6. The van der Waals surface area contributed by atoms with Crippen molar-refractivity contribution in [3.8, 4) is 0 Å². The van der Waals surface area contributed by atoms with E-state index in [1.807, 2.05) is 13.0 Å². The predicted molar refractivity (Wildman–Crippen MR) is 95.4 cm³/mol. The third-order valence-electron chi connectivity index (χ3n) is 3.84. The fourth-order valence-electron chi connectivity index (χ4n) is 2.41. The minimum Gasteiger partial charge on any atom is -0.465 e. The van der Waals surface area contributed by atoms with Gasteiger partial charge in [0.1, 0.15) is 5.92 Å². The summed E-state index contributed by atoms with van der Waals surface area (Å²) in [4.78, 5) is 24.8. The number of rotatable bonds is 10. The average molecular weight is 334 g/mol. The number of esters is 2. The molecule has 0 radical (unpaired) electrons. The van der Waals surface area contributed by atoms with E-state index in [1.165, 1.54) is 0 Å². The fraction of sp³-hybridized carbons (Fsp3) is 0.600. The molecule has 0 saturated carbocycles. The van der Waals surface area contributed by atoms with Crippen LogP contribution in [0.2, 0.25) is 0 Å². The first kappa shape index (κ1) is 20.2. The molecule has 0 aliphatic heterocycles. The van der Waals surface area contributed by atoms with Gasteiger partial charge in [0.25, 0.3) is 0 Å². The summed E-state index contributed by atoms with van der Waals surface area (Å²) < 4.78 is 10.7. The highest BCUT2D eigenvalue weighted by Gasteiger charge is 2.28. The first-order valence-electron chi connectivity index (χ1n) is 9.00. The molecule has 0 amide bonds. The molecule has 1 aliphatic rings. The van der Waals surface area contributed by atoms with Crippen molar-refractivity contribution >= 4 is 11.9 Å². The van der Waals surface area contributed by atoms with Crippen LogP contribution in [0.15, 0.2) is 35.5 Å². The van der Waals surface area contributed by atoms with Crippen LogP contribution in [0.25, 0.3) is 0 Å². The number of carbonyl (C=O) groups excluding carboxylic acids is 2. The quantitative estimate of drug-likeness (QED) is 0.435. The highest BCUT2D eigenvalue weighted by atomic mass is 16.5. The highest BCUT2D eigenvalue weighted by molar-refractivity contribution is 5.97. The molecule has 1 rings (SSSR count). The van der Waals surface area contributed by atoms with Crippen molar-refractivity contribution in [2.45, 2.75) is 59.3 Å². The second-order valence-electron chi connectivity index (χ2n) is 6.09. The van der Waals surface area contributed by atoms with Gasteiger partial charge < -0.3 is 9.47 Å². The lowest BCUT2D eigenvalue weighted by Crippen LogP contribution is -2.24. The topological polar surface area (TPSA) is 52.6 Å². The number of carbonyl (C=O) groups is 2. The van der Waals surface area contributed by atoms with Crippen molar-refractivity contribution < 1.29 is 19.1 Å². The van der Waals surface area contributed by atoms with Gasteiger partial charge in [0.2, 0.25) is 0 Å². The van der Waals surface area contributed by atoms with E-state index in [4.69, 9.17) is 9.47 Å². The monoisotopic (exact) mass is 334 g/mol. The minimum absolute atomic E-state index is 0.356. The molecule has 0 bridgehead atoms. The number of ether oxygens (including phenoxy) is 2. The molecule has 0 aromatic heterocycles. The molecule has 134 valence electrons. The zero-order valence-corrected chi connectivity index (χ0v) is 15.2. The number of unbranched alkanes of at least 4 members (excludes halogenated alkanes) is 4. The highest BCUT2D eigenvalue weighted by Crippen LogP contribution is 2.22. The lowest BCUT2D eigenvalue weighted by Gasteiger charge is -2.15. The Balaban J connectivity index is 2.71. The summed E-state index contributed by atoms with van der Waals surface area (Å²) >= 11 is 0. The normalized spacial score (nSPS) is 16.9. The lowest BCUT2D eigenvalue weighted by atomic mass is 9.98. The van der Waals surface area contributed by atoms with Crippen LogP contribution in [-0.4, -0.2) is 25.2 Å². The Morgan fingerprint density at radius 1 is 1.00 bits per heavy atom. The van der Waals surface area contributed by atoms with Crippen molar-refractivity contribution in [1.82, 2.24) is 0 Å². The van der Waals surface area contributed by atoms with Gasteiger partial charge in [-0.3, -0.25) is 4.79 Å². The SMILES string of the molecule is CCCCCOC(=O)C1=CC(C)=CC=CC1C(=O)OCCCCC. The van der Waals surface area contributed by atoms with E-state index in [0.717, 1.165) is 44.1 Å². The zero-order valence-electron chi connectivity index (χ0n) is 15.2. The van der Waals surface area contributed by atoms with E-state index < -0.39 is 11.9 Å². The van der Waals surface area contributed by atoms with Crippen LogP contribution in [0.3, 0.4) is 0 Å². The van der Waals surface area contributed by atoms with E-state index in [2.05, 4.69) is 13.8 Å². The third kappa shape index (κ3) is 7.16. The van der Waals surface area contributed by atoms with E-state index in [0.29, 0.717) is 18.8 Å². The van der Waals surface area contributed by atoms with E-state index in [1.54, 1.807) is 18.2 Å². The van der Waals surface area contributed by atoms with Gasteiger partial charge in [-0.15, -0.1) is 0 Å². The van der Waals surface area contributed by atoms with Gasteiger partial charge in [-0.2, -0.15) is 0 Å². The molecule has 0 spiro atoms. The summed E-state index contributed by atoms with van der Waals surface area (Å²) in [6.45, 7) is 6.86. The van der Waals surface area contributed by atoms with Gasteiger partial charge in [-0.05, 0) is 25.8 Å². The molecule has 1 aliphatic carbocycles. The van der Waals surface area contributed by atoms with Crippen molar-refractivity contribution in [2.24, 2.45) is 5.92 Å². The summed E-state index contributed by atoms with van der Waals surface area (Å²) in [5, 5.41) is 0. The first-order valence-corrected chi connectivity index (χ1v) is 9.00. The maximum atomic E-state index is 12.4. The maximum Gasteiger partial charge on any atom is 0.335 e. The van der Waals surface area contributed by atoms with Crippen molar-refractivity contribution in [3.63, 3.8) is 0 Å².